The summed E-state index contributed by atoms with van der Waals surface area (Å²) in [5.41, 5.74) is 1.95. The van der Waals surface area contributed by atoms with Crippen molar-refractivity contribution in [3.63, 3.8) is 0 Å². The van der Waals surface area contributed by atoms with Gasteiger partial charge >= 0.3 is 5.97 Å². The van der Waals surface area contributed by atoms with Crippen LogP contribution in [0.3, 0.4) is 0 Å². The van der Waals surface area contributed by atoms with E-state index < -0.39 is 5.97 Å². The number of aliphatic carboxylic acids is 1. The van der Waals surface area contributed by atoms with E-state index in [0.717, 1.165) is 42.0 Å². The molecule has 1 heterocycles. The lowest BCUT2D eigenvalue weighted by molar-refractivity contribution is -0.136. The molecule has 24 heavy (non-hydrogen) atoms. The minimum Gasteiger partial charge on any atom is -0.480 e. The van der Waals surface area contributed by atoms with Crippen LogP contribution in [0.5, 0.6) is 0 Å². The number of nitrogens with zero attached hydrogens (tertiary/aromatic N) is 1. The van der Waals surface area contributed by atoms with Crippen molar-refractivity contribution in [2.45, 2.75) is 49.2 Å². The summed E-state index contributed by atoms with van der Waals surface area (Å²) in [4.78, 5) is 16.4. The van der Waals surface area contributed by atoms with E-state index in [1.165, 1.54) is 18.2 Å². The average Bonchev–Trinajstić information content (AvgIpc) is 2.60. The van der Waals surface area contributed by atoms with Gasteiger partial charge in [0.1, 0.15) is 5.25 Å². The Hall–Kier alpha value is -2.01. The zero-order valence-electron chi connectivity index (χ0n) is 13.9. The average molecular weight is 344 g/mol. The van der Waals surface area contributed by atoms with Gasteiger partial charge in [0.25, 0.3) is 0 Å². The highest BCUT2D eigenvalue weighted by molar-refractivity contribution is 8.00. The first kappa shape index (κ1) is 18.3. The lowest BCUT2D eigenvalue weighted by Gasteiger charge is -2.12. The molecule has 5 heteroatoms. The van der Waals surface area contributed by atoms with E-state index in [-0.39, 0.29) is 5.25 Å². The third-order valence-electron chi connectivity index (χ3n) is 3.70. The predicted molar refractivity (Wildman–Crippen MR) is 100 cm³/mol. The van der Waals surface area contributed by atoms with E-state index in [1.54, 1.807) is 12.4 Å². The Morgan fingerprint density at radius 2 is 1.75 bits per heavy atom. The maximum Gasteiger partial charge on any atom is 0.316 e. The Morgan fingerprint density at radius 1 is 1.08 bits per heavy atom. The Bertz CT molecular complexity index is 617. The second-order valence-corrected chi connectivity index (χ2v) is 6.96. The fourth-order valence-electron chi connectivity index (χ4n) is 2.37. The van der Waals surface area contributed by atoms with Gasteiger partial charge in [0.05, 0.1) is 0 Å². The first-order valence-corrected chi connectivity index (χ1v) is 9.23. The van der Waals surface area contributed by atoms with Crippen LogP contribution in [0.4, 0.5) is 11.4 Å². The third kappa shape index (κ3) is 6.24. The lowest BCUT2D eigenvalue weighted by Crippen LogP contribution is -2.16. The number of unbranched alkanes of at least 4 members (excludes halogenated alkanes) is 3. The normalized spacial score (nSPS) is 11.9. The Kier molecular flexibility index (Phi) is 7.62. The van der Waals surface area contributed by atoms with Crippen molar-refractivity contribution in [3.05, 3.63) is 48.8 Å². The number of aromatic nitrogens is 1. The molecule has 1 unspecified atom stereocenters. The highest BCUT2D eigenvalue weighted by atomic mass is 32.2. The van der Waals surface area contributed by atoms with E-state index in [4.69, 9.17) is 0 Å². The zero-order valence-corrected chi connectivity index (χ0v) is 14.8. The molecule has 0 radical (unpaired) electrons. The van der Waals surface area contributed by atoms with E-state index >= 15 is 0 Å². The van der Waals surface area contributed by atoms with Crippen LogP contribution >= 0.6 is 11.8 Å². The van der Waals surface area contributed by atoms with Gasteiger partial charge in [-0.25, -0.2) is 0 Å². The first-order valence-electron chi connectivity index (χ1n) is 8.35. The molecular weight excluding hydrogens is 320 g/mol. The molecule has 0 aliphatic heterocycles. The summed E-state index contributed by atoms with van der Waals surface area (Å²) in [5, 5.41) is 12.3. The van der Waals surface area contributed by atoms with Gasteiger partial charge in [0, 0.05) is 28.7 Å². The molecular formula is C19H24N2O2S. The van der Waals surface area contributed by atoms with Gasteiger partial charge < -0.3 is 10.4 Å². The molecule has 4 nitrogen and oxygen atoms in total. The minimum absolute atomic E-state index is 0.374. The van der Waals surface area contributed by atoms with Crippen LogP contribution in [0.2, 0.25) is 0 Å². The first-order chi connectivity index (χ1) is 11.7. The fraction of sp³-hybridized carbons (Fsp3) is 0.368. The quantitative estimate of drug-likeness (QED) is 0.450. The predicted octanol–water partition coefficient (Wildman–Crippen LogP) is 5.34. The van der Waals surface area contributed by atoms with Crippen molar-refractivity contribution in [1.82, 2.24) is 4.98 Å². The highest BCUT2D eigenvalue weighted by Gasteiger charge is 2.18. The van der Waals surface area contributed by atoms with Gasteiger partial charge in [0.15, 0.2) is 0 Å². The largest absolute Gasteiger partial charge is 0.480 e. The van der Waals surface area contributed by atoms with E-state index in [9.17, 15) is 9.90 Å². The summed E-state index contributed by atoms with van der Waals surface area (Å²) < 4.78 is 0. The monoisotopic (exact) mass is 344 g/mol. The van der Waals surface area contributed by atoms with Crippen LogP contribution in [0.1, 0.15) is 39.0 Å². The summed E-state index contributed by atoms with van der Waals surface area (Å²) in [6.07, 6.45) is 8.61. The fourth-order valence-corrected chi connectivity index (χ4v) is 3.38. The van der Waals surface area contributed by atoms with Gasteiger partial charge in [0.2, 0.25) is 0 Å². The van der Waals surface area contributed by atoms with E-state index in [2.05, 4.69) is 17.2 Å². The van der Waals surface area contributed by atoms with Crippen LogP contribution in [0.15, 0.2) is 53.7 Å². The summed E-state index contributed by atoms with van der Waals surface area (Å²) >= 11 is 1.43. The van der Waals surface area contributed by atoms with Gasteiger partial charge in [-0.1, -0.05) is 32.6 Å². The SMILES string of the molecule is CCCCCCC(Sc1ccc(Nc2ccncc2)cc1)C(=O)O. The van der Waals surface area contributed by atoms with Crippen molar-refractivity contribution in [2.75, 3.05) is 5.32 Å². The van der Waals surface area contributed by atoms with Crippen molar-refractivity contribution in [3.8, 4) is 0 Å². The molecule has 0 saturated carbocycles. The standard InChI is InChI=1S/C19H24N2O2S/c1-2-3-4-5-6-18(19(22)23)24-17-9-7-15(8-10-17)21-16-11-13-20-14-12-16/h7-14,18H,2-6H2,1H3,(H,20,21)(H,22,23). The highest BCUT2D eigenvalue weighted by Crippen LogP contribution is 2.29. The minimum atomic E-state index is -0.726. The van der Waals surface area contributed by atoms with Gasteiger partial charge in [-0.15, -0.1) is 11.8 Å². The van der Waals surface area contributed by atoms with E-state index in [1.807, 2.05) is 36.4 Å². The molecule has 0 saturated heterocycles. The van der Waals surface area contributed by atoms with E-state index in [0.29, 0.717) is 0 Å². The summed E-state index contributed by atoms with van der Waals surface area (Å²) in [6, 6.07) is 11.7. The Balaban J connectivity index is 1.90. The summed E-state index contributed by atoms with van der Waals surface area (Å²) in [5.74, 6) is -0.726. The third-order valence-corrected chi connectivity index (χ3v) is 4.96. The number of hydrogen-bond donors (Lipinski definition) is 2. The molecule has 1 aromatic heterocycles. The zero-order chi connectivity index (χ0) is 17.2. The molecule has 0 spiro atoms. The molecule has 1 aromatic carbocycles. The number of pyridine rings is 1. The van der Waals surface area contributed by atoms with Crippen LogP contribution in [0.25, 0.3) is 0 Å². The molecule has 0 aliphatic carbocycles. The topological polar surface area (TPSA) is 62.2 Å². The number of carbonyl (C=O) groups is 1. The number of carboxylic acid groups (broad SMARTS) is 1. The molecule has 1 atom stereocenters. The number of anilines is 2. The van der Waals surface area contributed by atoms with Crippen molar-refractivity contribution in [1.29, 1.82) is 0 Å². The van der Waals surface area contributed by atoms with Gasteiger partial charge in [-0.2, -0.15) is 0 Å². The Morgan fingerprint density at radius 3 is 2.38 bits per heavy atom. The lowest BCUT2D eigenvalue weighted by atomic mass is 10.1. The smallest absolute Gasteiger partial charge is 0.316 e. The molecule has 128 valence electrons. The van der Waals surface area contributed by atoms with Gasteiger partial charge in [-0.3, -0.25) is 9.78 Å². The molecule has 0 aliphatic rings. The van der Waals surface area contributed by atoms with Crippen molar-refractivity contribution in [2.24, 2.45) is 0 Å². The molecule has 0 bridgehead atoms. The number of rotatable bonds is 10. The maximum absolute atomic E-state index is 11.4. The van der Waals surface area contributed by atoms with Crippen molar-refractivity contribution < 1.29 is 9.90 Å². The number of hydrogen-bond acceptors (Lipinski definition) is 4. The van der Waals surface area contributed by atoms with Gasteiger partial charge in [-0.05, 0) is 42.8 Å². The molecule has 0 fully saturated rings. The summed E-state index contributed by atoms with van der Waals surface area (Å²) in [7, 11) is 0. The number of benzene rings is 1. The number of carboxylic acids is 1. The summed E-state index contributed by atoms with van der Waals surface area (Å²) in [6.45, 7) is 2.16. The molecule has 2 N–H and O–H groups in total. The van der Waals surface area contributed by atoms with Crippen LogP contribution in [-0.4, -0.2) is 21.3 Å². The molecule has 2 aromatic rings. The molecule has 0 amide bonds. The maximum atomic E-state index is 11.4. The Labute approximate surface area is 147 Å². The second-order valence-electron chi connectivity index (χ2n) is 5.68. The van der Waals surface area contributed by atoms with Crippen molar-refractivity contribution >= 4 is 29.1 Å². The second kappa shape index (κ2) is 9.98. The number of nitrogens with one attached hydrogen (secondary N) is 1. The van der Waals surface area contributed by atoms with Crippen LogP contribution in [0, 0.1) is 0 Å². The molecule has 2 rings (SSSR count). The number of thioether (sulfide) groups is 1. The van der Waals surface area contributed by atoms with Crippen LogP contribution in [-0.2, 0) is 4.79 Å². The van der Waals surface area contributed by atoms with Crippen LogP contribution < -0.4 is 5.32 Å².